The summed E-state index contributed by atoms with van der Waals surface area (Å²) in [5.41, 5.74) is -1.31. The summed E-state index contributed by atoms with van der Waals surface area (Å²) in [5.74, 6) is -0.616. The Morgan fingerprint density at radius 2 is 1.93 bits per heavy atom. The Morgan fingerprint density at radius 3 is 2.48 bits per heavy atom. The molecule has 0 aromatic heterocycles. The number of cyclic esters (lactones) is 2. The molecule has 0 aromatic rings. The van der Waals surface area contributed by atoms with Gasteiger partial charge in [0.05, 0.1) is 12.0 Å². The van der Waals surface area contributed by atoms with E-state index in [-0.39, 0.29) is 6.10 Å². The molecule has 4 fully saturated rings. The normalized spacial score (nSPS) is 51.4. The number of hydrogen-bond acceptors (Lipinski definition) is 7. The number of methoxy groups -OCH3 is 1. The molecule has 4 rings (SSSR count). The fraction of sp³-hybridized carbons (Fsp3) is 0.895. The lowest BCUT2D eigenvalue weighted by atomic mass is 9.75. The van der Waals surface area contributed by atoms with Gasteiger partial charge in [0.15, 0.2) is 4.32 Å². The van der Waals surface area contributed by atoms with E-state index in [2.05, 4.69) is 36.7 Å². The quantitative estimate of drug-likeness (QED) is 0.521. The predicted octanol–water partition coefficient (Wildman–Crippen LogP) is 1.99. The molecule has 2 saturated carbocycles. The van der Waals surface area contributed by atoms with Crippen molar-refractivity contribution in [1.29, 1.82) is 0 Å². The van der Waals surface area contributed by atoms with Crippen LogP contribution in [0.25, 0.3) is 0 Å². The topological polar surface area (TPSA) is 91.3 Å². The number of carbonyl (C=O) groups excluding carboxylic acids is 2. The number of hydrogen-bond donors (Lipinski definition) is 1. The average Bonchev–Trinajstić information content (AvgIpc) is 2.94. The molecule has 0 bridgehead atoms. The van der Waals surface area contributed by atoms with Crippen LogP contribution >= 0.6 is 15.9 Å². The highest BCUT2D eigenvalue weighted by atomic mass is 79.9. The maximum atomic E-state index is 12.8. The highest BCUT2D eigenvalue weighted by Gasteiger charge is 2.96. The fourth-order valence-electron chi connectivity index (χ4n) is 5.56. The predicted molar refractivity (Wildman–Crippen MR) is 96.6 cm³/mol. The van der Waals surface area contributed by atoms with Gasteiger partial charge >= 0.3 is 11.9 Å². The smallest absolute Gasteiger partial charge is 0.327 e. The van der Waals surface area contributed by atoms with Crippen LogP contribution in [0.15, 0.2) is 0 Å². The van der Waals surface area contributed by atoms with Crippen LogP contribution < -0.4 is 0 Å². The Morgan fingerprint density at radius 1 is 1.22 bits per heavy atom. The second-order valence-corrected chi connectivity index (χ2v) is 10.0. The summed E-state index contributed by atoms with van der Waals surface area (Å²) >= 11 is 3.35. The first-order valence-electron chi connectivity index (χ1n) is 9.66. The van der Waals surface area contributed by atoms with E-state index in [1.165, 1.54) is 7.11 Å². The van der Waals surface area contributed by atoms with Gasteiger partial charge in [-0.2, -0.15) is 0 Å². The number of alkyl halides is 1. The van der Waals surface area contributed by atoms with Gasteiger partial charge in [-0.1, -0.05) is 43.1 Å². The molecule has 9 atom stereocenters. The number of fused-ring (bicyclic) bond motifs is 3. The molecule has 7 nitrogen and oxygen atoms in total. The molecule has 0 unspecified atom stereocenters. The van der Waals surface area contributed by atoms with Crippen molar-refractivity contribution in [3.8, 4) is 0 Å². The molecule has 2 heterocycles. The number of rotatable bonds is 4. The van der Waals surface area contributed by atoms with Crippen molar-refractivity contribution in [3.63, 3.8) is 0 Å². The van der Waals surface area contributed by atoms with Crippen molar-refractivity contribution in [1.82, 2.24) is 0 Å². The summed E-state index contributed by atoms with van der Waals surface area (Å²) in [6.45, 7) is 6.56. The van der Waals surface area contributed by atoms with E-state index in [1.807, 2.05) is 0 Å². The van der Waals surface area contributed by atoms with Crippen LogP contribution in [0.4, 0.5) is 0 Å². The minimum absolute atomic E-state index is 0.0407. The lowest BCUT2D eigenvalue weighted by Gasteiger charge is -2.38. The largest absolute Gasteiger partial charge is 0.434 e. The maximum Gasteiger partial charge on any atom is 0.327 e. The fourth-order valence-corrected chi connectivity index (χ4v) is 6.76. The average molecular weight is 447 g/mol. The molecule has 1 spiro atoms. The van der Waals surface area contributed by atoms with Gasteiger partial charge in [-0.25, -0.2) is 0 Å². The highest BCUT2D eigenvalue weighted by Crippen LogP contribution is 2.77. The Bertz CT molecular complexity index is 654. The molecule has 4 aliphatic rings. The van der Waals surface area contributed by atoms with Crippen LogP contribution in [0.5, 0.6) is 0 Å². The molecule has 2 aliphatic carbocycles. The summed E-state index contributed by atoms with van der Waals surface area (Å²) < 4.78 is 21.0. The van der Waals surface area contributed by atoms with Crippen molar-refractivity contribution in [2.75, 3.05) is 7.11 Å². The molecular weight excluding hydrogens is 420 g/mol. The zero-order valence-electron chi connectivity index (χ0n) is 16.0. The van der Waals surface area contributed by atoms with Gasteiger partial charge in [0.2, 0.25) is 12.6 Å². The second kappa shape index (κ2) is 6.40. The molecule has 0 amide bonds. The van der Waals surface area contributed by atoms with E-state index in [4.69, 9.17) is 18.9 Å². The van der Waals surface area contributed by atoms with Gasteiger partial charge in [0.1, 0.15) is 11.5 Å². The third-order valence-corrected chi connectivity index (χ3v) is 8.50. The first kappa shape index (κ1) is 19.6. The van der Waals surface area contributed by atoms with Crippen LogP contribution in [0.1, 0.15) is 40.0 Å². The maximum absolute atomic E-state index is 12.8. The van der Waals surface area contributed by atoms with Crippen molar-refractivity contribution >= 4 is 27.9 Å². The molecule has 0 radical (unpaired) electrons. The van der Waals surface area contributed by atoms with Crippen molar-refractivity contribution in [2.45, 2.75) is 69.1 Å². The zero-order valence-corrected chi connectivity index (χ0v) is 17.6. The lowest BCUT2D eigenvalue weighted by Crippen LogP contribution is -2.44. The van der Waals surface area contributed by atoms with Crippen LogP contribution in [0, 0.1) is 29.1 Å². The minimum Gasteiger partial charge on any atom is -0.434 e. The summed E-state index contributed by atoms with van der Waals surface area (Å²) in [6, 6.07) is 0. The Kier molecular flexibility index (Phi) is 4.65. The van der Waals surface area contributed by atoms with Gasteiger partial charge in [-0.05, 0) is 30.6 Å². The SMILES string of the molecule is CO[C@H]1[C@H](O[C@@H]2C[C@H](C)CC[C@H]2C(C)C)OC(=O)[C@@]12[C@H]1[C@@H](O)OC(=O)[C@]12Br. The Hall–Kier alpha value is -0.700. The van der Waals surface area contributed by atoms with Gasteiger partial charge in [-0.15, -0.1) is 0 Å². The zero-order chi connectivity index (χ0) is 19.7. The summed E-state index contributed by atoms with van der Waals surface area (Å²) in [5, 5.41) is 10.1. The van der Waals surface area contributed by atoms with Crippen LogP contribution in [-0.2, 0) is 28.5 Å². The first-order valence-corrected chi connectivity index (χ1v) is 10.5. The standard InChI is InChI=1S/C19H27BrO7/c1-8(2)10-6-5-9(3)7-11(10)25-15-13(24-4)18(16(22)27-15)12-14(21)26-17(23)19(12,18)20/h8-15,21H,5-7H2,1-4H3/t9-,10+,11-,12-,13+,14+,15-,18-,19-/m1/s1. The molecule has 0 aromatic carbocycles. The van der Waals surface area contributed by atoms with Crippen LogP contribution in [0.2, 0.25) is 0 Å². The molecule has 152 valence electrons. The van der Waals surface area contributed by atoms with Gasteiger partial charge in [0, 0.05) is 7.11 Å². The second-order valence-electron chi connectivity index (χ2n) is 8.78. The number of carbonyl (C=O) groups is 2. The number of halogens is 1. The number of aliphatic hydroxyl groups is 1. The monoisotopic (exact) mass is 446 g/mol. The van der Waals surface area contributed by atoms with E-state index in [1.54, 1.807) is 0 Å². The van der Waals surface area contributed by atoms with Gasteiger partial charge in [-0.3, -0.25) is 9.59 Å². The van der Waals surface area contributed by atoms with Gasteiger partial charge in [0.25, 0.3) is 0 Å². The molecule has 1 N–H and O–H groups in total. The number of aliphatic hydroxyl groups excluding tert-OH is 1. The van der Waals surface area contributed by atoms with E-state index in [0.717, 1.165) is 19.3 Å². The summed E-state index contributed by atoms with van der Waals surface area (Å²) in [4.78, 5) is 25.1. The van der Waals surface area contributed by atoms with Crippen molar-refractivity contribution in [2.24, 2.45) is 29.1 Å². The molecule has 27 heavy (non-hydrogen) atoms. The van der Waals surface area contributed by atoms with E-state index in [9.17, 15) is 14.7 Å². The highest BCUT2D eigenvalue weighted by molar-refractivity contribution is 9.10. The summed E-state index contributed by atoms with van der Waals surface area (Å²) in [7, 11) is 1.47. The van der Waals surface area contributed by atoms with E-state index < -0.39 is 46.3 Å². The molecular formula is C19H27BrO7. The first-order chi connectivity index (χ1) is 12.7. The number of esters is 2. The Labute approximate surface area is 167 Å². The minimum atomic E-state index is -1.36. The molecule has 2 aliphatic heterocycles. The third-order valence-electron chi connectivity index (χ3n) is 7.03. The van der Waals surface area contributed by atoms with E-state index >= 15 is 0 Å². The van der Waals surface area contributed by atoms with Gasteiger partial charge < -0.3 is 24.1 Å². The van der Waals surface area contributed by atoms with Crippen molar-refractivity contribution < 1.29 is 33.6 Å². The van der Waals surface area contributed by atoms with Crippen LogP contribution in [-0.4, -0.2) is 53.3 Å². The van der Waals surface area contributed by atoms with Crippen molar-refractivity contribution in [3.05, 3.63) is 0 Å². The summed E-state index contributed by atoms with van der Waals surface area (Å²) in [6.07, 6.45) is 0.0350. The number of ether oxygens (including phenoxy) is 4. The molecule has 8 heteroatoms. The Balaban J connectivity index is 1.59. The van der Waals surface area contributed by atoms with E-state index in [0.29, 0.717) is 17.8 Å². The third kappa shape index (κ3) is 2.42. The van der Waals surface area contributed by atoms with Crippen LogP contribution in [0.3, 0.4) is 0 Å². The lowest BCUT2D eigenvalue weighted by molar-refractivity contribution is -0.210. The molecule has 2 saturated heterocycles.